The number of carbonyl (C=O) groups is 1. The van der Waals surface area contributed by atoms with Crippen LogP contribution in [-0.4, -0.2) is 24.5 Å². The number of nitrogens with zero attached hydrogens (tertiary/aromatic N) is 3. The van der Waals surface area contributed by atoms with E-state index in [0.29, 0.717) is 19.4 Å². The maximum atomic E-state index is 11.4. The van der Waals surface area contributed by atoms with Crippen LogP contribution in [0.25, 0.3) is 0 Å². The summed E-state index contributed by atoms with van der Waals surface area (Å²) < 4.78 is 0. The number of benzene rings is 1. The van der Waals surface area contributed by atoms with Crippen molar-refractivity contribution in [2.75, 3.05) is 18.6 Å². The highest BCUT2D eigenvalue weighted by Crippen LogP contribution is 2.22. The SMILES string of the molecule is CN1C(=O)CCN1c1cccc(CC#N)c1. The van der Waals surface area contributed by atoms with Crippen molar-refractivity contribution in [2.45, 2.75) is 12.8 Å². The van der Waals surface area contributed by atoms with Gasteiger partial charge in [-0.2, -0.15) is 5.26 Å². The standard InChI is InChI=1S/C12H13N3O/c1-14-12(16)6-8-15(14)11-4-2-3-10(9-11)5-7-13/h2-4,9H,5-6,8H2,1H3. The summed E-state index contributed by atoms with van der Waals surface area (Å²) in [6, 6.07) is 9.87. The molecule has 0 aromatic heterocycles. The van der Waals surface area contributed by atoms with Crippen LogP contribution in [0, 0.1) is 11.3 Å². The lowest BCUT2D eigenvalue weighted by Crippen LogP contribution is -2.35. The Morgan fingerprint density at radius 1 is 1.50 bits per heavy atom. The van der Waals surface area contributed by atoms with Gasteiger partial charge in [-0.15, -0.1) is 0 Å². The summed E-state index contributed by atoms with van der Waals surface area (Å²) in [5.41, 5.74) is 1.95. The van der Waals surface area contributed by atoms with Gasteiger partial charge in [-0.25, -0.2) is 0 Å². The number of hydrazine groups is 1. The number of rotatable bonds is 2. The molecule has 1 fully saturated rings. The van der Waals surface area contributed by atoms with Gasteiger partial charge in [0.25, 0.3) is 0 Å². The quantitative estimate of drug-likeness (QED) is 0.747. The molecule has 0 radical (unpaired) electrons. The van der Waals surface area contributed by atoms with Crippen LogP contribution < -0.4 is 5.01 Å². The lowest BCUT2D eigenvalue weighted by Gasteiger charge is -2.26. The Morgan fingerprint density at radius 3 is 2.94 bits per heavy atom. The summed E-state index contributed by atoms with van der Waals surface area (Å²) in [7, 11) is 1.77. The summed E-state index contributed by atoms with van der Waals surface area (Å²) in [6.07, 6.45) is 0.957. The Morgan fingerprint density at radius 2 is 2.31 bits per heavy atom. The molecular formula is C12H13N3O. The molecular weight excluding hydrogens is 202 g/mol. The second-order valence-electron chi connectivity index (χ2n) is 3.80. The van der Waals surface area contributed by atoms with E-state index in [4.69, 9.17) is 5.26 Å². The van der Waals surface area contributed by atoms with E-state index in [1.165, 1.54) is 0 Å². The van der Waals surface area contributed by atoms with E-state index < -0.39 is 0 Å². The van der Waals surface area contributed by atoms with E-state index in [1.54, 1.807) is 12.1 Å². The van der Waals surface area contributed by atoms with Crippen LogP contribution in [0.15, 0.2) is 24.3 Å². The Kier molecular flexibility index (Phi) is 2.78. The van der Waals surface area contributed by atoms with Crippen LogP contribution in [0.2, 0.25) is 0 Å². The maximum Gasteiger partial charge on any atom is 0.242 e. The molecule has 0 saturated carbocycles. The van der Waals surface area contributed by atoms with Gasteiger partial charge in [0.1, 0.15) is 0 Å². The van der Waals surface area contributed by atoms with Crippen molar-refractivity contribution in [2.24, 2.45) is 0 Å². The smallest absolute Gasteiger partial charge is 0.242 e. The molecule has 1 aliphatic heterocycles. The third kappa shape index (κ3) is 1.84. The summed E-state index contributed by atoms with van der Waals surface area (Å²) in [5.74, 6) is 0.130. The van der Waals surface area contributed by atoms with Crippen LogP contribution in [0.3, 0.4) is 0 Å². The molecule has 0 bridgehead atoms. The first-order valence-corrected chi connectivity index (χ1v) is 5.22. The zero-order chi connectivity index (χ0) is 11.5. The normalized spacial score (nSPS) is 15.4. The van der Waals surface area contributed by atoms with Crippen molar-refractivity contribution < 1.29 is 4.79 Å². The van der Waals surface area contributed by atoms with Crippen LogP contribution in [0.4, 0.5) is 5.69 Å². The number of anilines is 1. The van der Waals surface area contributed by atoms with E-state index in [0.717, 1.165) is 11.3 Å². The first-order valence-electron chi connectivity index (χ1n) is 5.22. The average molecular weight is 215 g/mol. The summed E-state index contributed by atoms with van der Waals surface area (Å²) in [4.78, 5) is 11.4. The summed E-state index contributed by atoms with van der Waals surface area (Å²) >= 11 is 0. The number of hydrogen-bond donors (Lipinski definition) is 0. The van der Waals surface area contributed by atoms with Crippen molar-refractivity contribution in [3.8, 4) is 6.07 Å². The molecule has 1 aromatic rings. The molecule has 4 nitrogen and oxygen atoms in total. The average Bonchev–Trinajstić information content (AvgIpc) is 2.61. The van der Waals surface area contributed by atoms with E-state index in [2.05, 4.69) is 6.07 Å². The summed E-state index contributed by atoms with van der Waals surface area (Å²) in [5, 5.41) is 12.2. The first-order chi connectivity index (χ1) is 7.72. The minimum atomic E-state index is 0.130. The monoisotopic (exact) mass is 215 g/mol. The number of nitriles is 1. The van der Waals surface area contributed by atoms with Crippen molar-refractivity contribution in [1.29, 1.82) is 5.26 Å². The maximum absolute atomic E-state index is 11.4. The fraction of sp³-hybridized carbons (Fsp3) is 0.333. The highest BCUT2D eigenvalue weighted by Gasteiger charge is 2.25. The van der Waals surface area contributed by atoms with Gasteiger partial charge in [-0.1, -0.05) is 12.1 Å². The molecule has 1 aromatic carbocycles. The molecule has 1 amide bonds. The molecule has 1 aliphatic rings. The largest absolute Gasteiger partial charge is 0.283 e. The molecule has 1 heterocycles. The topological polar surface area (TPSA) is 47.3 Å². The minimum absolute atomic E-state index is 0.130. The van der Waals surface area contributed by atoms with Crippen molar-refractivity contribution in [3.63, 3.8) is 0 Å². The molecule has 2 rings (SSSR count). The molecule has 0 spiro atoms. The second-order valence-corrected chi connectivity index (χ2v) is 3.80. The molecule has 16 heavy (non-hydrogen) atoms. The highest BCUT2D eigenvalue weighted by molar-refractivity contribution is 5.81. The van der Waals surface area contributed by atoms with E-state index in [-0.39, 0.29) is 5.91 Å². The first kappa shape index (κ1) is 10.5. The predicted octanol–water partition coefficient (Wildman–Crippen LogP) is 1.34. The molecule has 82 valence electrons. The third-order valence-corrected chi connectivity index (χ3v) is 2.75. The van der Waals surface area contributed by atoms with Gasteiger partial charge in [-0.05, 0) is 17.7 Å². The van der Waals surface area contributed by atoms with Crippen molar-refractivity contribution in [3.05, 3.63) is 29.8 Å². The minimum Gasteiger partial charge on any atom is -0.283 e. The zero-order valence-corrected chi connectivity index (χ0v) is 9.18. The van der Waals surface area contributed by atoms with Gasteiger partial charge in [0.15, 0.2) is 0 Å². The van der Waals surface area contributed by atoms with Gasteiger partial charge in [0.05, 0.1) is 18.2 Å². The predicted molar refractivity (Wildman–Crippen MR) is 60.5 cm³/mol. The fourth-order valence-electron chi connectivity index (χ4n) is 1.87. The van der Waals surface area contributed by atoms with Gasteiger partial charge < -0.3 is 0 Å². The van der Waals surface area contributed by atoms with Crippen molar-refractivity contribution >= 4 is 11.6 Å². The van der Waals surface area contributed by atoms with E-state index >= 15 is 0 Å². The number of hydrogen-bond acceptors (Lipinski definition) is 3. The van der Waals surface area contributed by atoms with Gasteiger partial charge in [0.2, 0.25) is 5.91 Å². The number of carbonyl (C=O) groups excluding carboxylic acids is 1. The van der Waals surface area contributed by atoms with Gasteiger partial charge in [-0.3, -0.25) is 14.8 Å². The van der Waals surface area contributed by atoms with E-state index in [9.17, 15) is 4.79 Å². The molecule has 0 unspecified atom stereocenters. The Bertz CT molecular complexity index is 450. The van der Waals surface area contributed by atoms with Crippen LogP contribution in [0.1, 0.15) is 12.0 Å². The van der Waals surface area contributed by atoms with Gasteiger partial charge >= 0.3 is 0 Å². The molecule has 0 N–H and O–H groups in total. The molecule has 1 saturated heterocycles. The fourth-order valence-corrected chi connectivity index (χ4v) is 1.87. The van der Waals surface area contributed by atoms with Crippen LogP contribution in [-0.2, 0) is 11.2 Å². The van der Waals surface area contributed by atoms with Crippen molar-refractivity contribution in [1.82, 2.24) is 5.01 Å². The number of amides is 1. The van der Waals surface area contributed by atoms with Crippen LogP contribution >= 0.6 is 0 Å². The lowest BCUT2D eigenvalue weighted by atomic mass is 10.1. The second kappa shape index (κ2) is 4.23. The lowest BCUT2D eigenvalue weighted by molar-refractivity contribution is -0.126. The van der Waals surface area contributed by atoms with Gasteiger partial charge in [0, 0.05) is 20.0 Å². The Hall–Kier alpha value is -2.02. The summed E-state index contributed by atoms with van der Waals surface area (Å²) in [6.45, 7) is 0.714. The molecule has 0 atom stereocenters. The highest BCUT2D eigenvalue weighted by atomic mass is 16.2. The Labute approximate surface area is 94.7 Å². The zero-order valence-electron chi connectivity index (χ0n) is 9.18. The molecule has 0 aliphatic carbocycles. The Balaban J connectivity index is 2.24. The van der Waals surface area contributed by atoms with Crippen LogP contribution in [0.5, 0.6) is 0 Å². The molecule has 4 heteroatoms. The van der Waals surface area contributed by atoms with E-state index in [1.807, 2.05) is 29.3 Å². The third-order valence-electron chi connectivity index (χ3n) is 2.75.